The van der Waals surface area contributed by atoms with Crippen molar-refractivity contribution in [2.24, 2.45) is 0 Å². The van der Waals surface area contributed by atoms with Gasteiger partial charge in [0.2, 0.25) is 5.91 Å². The summed E-state index contributed by atoms with van der Waals surface area (Å²) in [5.74, 6) is -0.439. The number of hydrogen-bond donors (Lipinski definition) is 2. The Hall–Kier alpha value is -2.86. The molecular weight excluding hydrogens is 440 g/mol. The lowest BCUT2D eigenvalue weighted by molar-refractivity contribution is -0.152. The minimum atomic E-state index is -1.30. The Bertz CT molecular complexity index is 1040. The summed E-state index contributed by atoms with van der Waals surface area (Å²) < 4.78 is 5.76. The number of amides is 1. The van der Waals surface area contributed by atoms with Crippen molar-refractivity contribution < 1.29 is 19.4 Å². The van der Waals surface area contributed by atoms with Gasteiger partial charge in [0, 0.05) is 18.3 Å². The number of anilines is 1. The smallest absolute Gasteiger partial charge is 0.347 e. The third kappa shape index (κ3) is 7.56. The first kappa shape index (κ1) is 26.7. The molecule has 0 heterocycles. The SMILES string of the molecule is Cc1ccc(NC(=O)CN(Cc2ccc(OC(C)(C)C(=O)O)c(C)c2)C2CCCCCC2)c(C)c1. The highest BCUT2D eigenvalue weighted by molar-refractivity contribution is 5.93. The number of aliphatic carboxylic acids is 1. The number of carbonyl (C=O) groups excluding carboxylic acids is 1. The van der Waals surface area contributed by atoms with Crippen molar-refractivity contribution in [2.75, 3.05) is 11.9 Å². The minimum Gasteiger partial charge on any atom is -0.478 e. The molecule has 35 heavy (non-hydrogen) atoms. The molecule has 1 amide bonds. The predicted octanol–water partition coefficient (Wildman–Crippen LogP) is 6.02. The van der Waals surface area contributed by atoms with Crippen LogP contribution in [0, 0.1) is 20.8 Å². The number of hydrogen-bond acceptors (Lipinski definition) is 4. The molecule has 190 valence electrons. The maximum atomic E-state index is 13.1. The second-order valence-corrected chi connectivity index (χ2v) is 10.4. The Labute approximate surface area is 209 Å². The summed E-state index contributed by atoms with van der Waals surface area (Å²) in [6, 6.07) is 12.3. The molecule has 0 radical (unpaired) electrons. The first-order valence-electron chi connectivity index (χ1n) is 12.7. The summed E-state index contributed by atoms with van der Waals surface area (Å²) in [4.78, 5) is 26.9. The Balaban J connectivity index is 1.76. The van der Waals surface area contributed by atoms with Crippen LogP contribution in [-0.2, 0) is 16.1 Å². The molecule has 0 atom stereocenters. The van der Waals surface area contributed by atoms with Crippen molar-refractivity contribution >= 4 is 17.6 Å². The highest BCUT2D eigenvalue weighted by Gasteiger charge is 2.30. The Morgan fingerprint density at radius 2 is 1.69 bits per heavy atom. The average Bonchev–Trinajstić information content (AvgIpc) is 3.06. The van der Waals surface area contributed by atoms with E-state index >= 15 is 0 Å². The summed E-state index contributed by atoms with van der Waals surface area (Å²) in [6.07, 6.45) is 7.09. The number of carbonyl (C=O) groups is 2. The molecule has 1 aliphatic rings. The monoisotopic (exact) mass is 480 g/mol. The number of nitrogens with one attached hydrogen (secondary N) is 1. The van der Waals surface area contributed by atoms with E-state index in [1.165, 1.54) is 31.2 Å². The van der Waals surface area contributed by atoms with Gasteiger partial charge in [-0.05, 0) is 76.3 Å². The molecule has 6 nitrogen and oxygen atoms in total. The van der Waals surface area contributed by atoms with Crippen LogP contribution in [0.15, 0.2) is 36.4 Å². The lowest BCUT2D eigenvalue weighted by atomic mass is 10.0. The fourth-order valence-electron chi connectivity index (χ4n) is 4.74. The molecular formula is C29H40N2O4. The number of carboxylic acid groups (broad SMARTS) is 1. The normalized spacial score (nSPS) is 15.0. The van der Waals surface area contributed by atoms with Crippen molar-refractivity contribution in [1.82, 2.24) is 4.90 Å². The quantitative estimate of drug-likeness (QED) is 0.429. The van der Waals surface area contributed by atoms with Gasteiger partial charge >= 0.3 is 5.97 Å². The van der Waals surface area contributed by atoms with E-state index in [0.29, 0.717) is 24.9 Å². The molecule has 2 aromatic rings. The molecule has 0 bridgehead atoms. The molecule has 2 aromatic carbocycles. The van der Waals surface area contributed by atoms with E-state index in [2.05, 4.69) is 16.3 Å². The highest BCUT2D eigenvalue weighted by Crippen LogP contribution is 2.27. The molecule has 0 aromatic heterocycles. The molecule has 1 fully saturated rings. The first-order chi connectivity index (χ1) is 16.5. The molecule has 1 saturated carbocycles. The van der Waals surface area contributed by atoms with Gasteiger partial charge in [0.15, 0.2) is 5.60 Å². The van der Waals surface area contributed by atoms with Crippen LogP contribution in [0.25, 0.3) is 0 Å². The van der Waals surface area contributed by atoms with Gasteiger partial charge < -0.3 is 15.2 Å². The number of aryl methyl sites for hydroxylation is 3. The van der Waals surface area contributed by atoms with Crippen LogP contribution in [0.5, 0.6) is 5.75 Å². The predicted molar refractivity (Wildman–Crippen MR) is 140 cm³/mol. The zero-order valence-electron chi connectivity index (χ0n) is 21.8. The van der Waals surface area contributed by atoms with Gasteiger partial charge in [-0.25, -0.2) is 4.79 Å². The van der Waals surface area contributed by atoms with E-state index in [1.807, 2.05) is 51.1 Å². The Morgan fingerprint density at radius 1 is 1.00 bits per heavy atom. The van der Waals surface area contributed by atoms with Gasteiger partial charge in [0.25, 0.3) is 0 Å². The van der Waals surface area contributed by atoms with Gasteiger partial charge in [-0.2, -0.15) is 0 Å². The average molecular weight is 481 g/mol. The third-order valence-electron chi connectivity index (χ3n) is 6.85. The van der Waals surface area contributed by atoms with Crippen molar-refractivity contribution in [3.8, 4) is 5.75 Å². The number of carboxylic acids is 1. The second kappa shape index (κ2) is 11.7. The largest absolute Gasteiger partial charge is 0.478 e. The van der Waals surface area contributed by atoms with E-state index < -0.39 is 11.6 Å². The van der Waals surface area contributed by atoms with E-state index in [-0.39, 0.29) is 5.91 Å². The number of nitrogens with zero attached hydrogens (tertiary/aromatic N) is 1. The van der Waals surface area contributed by atoms with Gasteiger partial charge in [-0.1, -0.05) is 55.5 Å². The van der Waals surface area contributed by atoms with Crippen LogP contribution in [0.4, 0.5) is 5.69 Å². The van der Waals surface area contributed by atoms with E-state index in [0.717, 1.165) is 35.2 Å². The van der Waals surface area contributed by atoms with Crippen molar-refractivity contribution in [3.63, 3.8) is 0 Å². The van der Waals surface area contributed by atoms with E-state index in [1.54, 1.807) is 13.8 Å². The lowest BCUT2D eigenvalue weighted by Gasteiger charge is -2.31. The van der Waals surface area contributed by atoms with Crippen LogP contribution in [-0.4, -0.2) is 40.1 Å². The van der Waals surface area contributed by atoms with Crippen LogP contribution in [0.3, 0.4) is 0 Å². The minimum absolute atomic E-state index is 0.00100. The third-order valence-corrected chi connectivity index (χ3v) is 6.85. The zero-order valence-corrected chi connectivity index (χ0v) is 21.8. The lowest BCUT2D eigenvalue weighted by Crippen LogP contribution is -2.40. The van der Waals surface area contributed by atoms with E-state index in [9.17, 15) is 14.7 Å². The number of benzene rings is 2. The molecule has 3 rings (SSSR count). The number of ether oxygens (including phenoxy) is 1. The van der Waals surface area contributed by atoms with Crippen molar-refractivity contribution in [2.45, 2.75) is 91.3 Å². The fourth-order valence-corrected chi connectivity index (χ4v) is 4.74. The molecule has 6 heteroatoms. The van der Waals surface area contributed by atoms with Crippen LogP contribution in [0.1, 0.15) is 74.6 Å². The summed E-state index contributed by atoms with van der Waals surface area (Å²) in [6.45, 7) is 10.1. The Kier molecular flexibility index (Phi) is 8.95. The fraction of sp³-hybridized carbons (Fsp3) is 0.517. The zero-order chi connectivity index (χ0) is 25.6. The molecule has 1 aliphatic carbocycles. The van der Waals surface area contributed by atoms with Gasteiger partial charge in [0.1, 0.15) is 5.75 Å². The standard InChI is InChI=1S/C29H40N2O4/c1-20-12-14-25(21(2)16-20)30-27(32)19-31(24-10-8-6-7-9-11-24)18-23-13-15-26(22(3)17-23)35-29(4,5)28(33)34/h12-17,24H,6-11,18-19H2,1-5H3,(H,30,32)(H,33,34). The topological polar surface area (TPSA) is 78.9 Å². The molecule has 0 aliphatic heterocycles. The van der Waals surface area contributed by atoms with Crippen LogP contribution in [0.2, 0.25) is 0 Å². The van der Waals surface area contributed by atoms with Crippen LogP contribution >= 0.6 is 0 Å². The first-order valence-corrected chi connectivity index (χ1v) is 12.7. The van der Waals surface area contributed by atoms with Gasteiger partial charge in [-0.15, -0.1) is 0 Å². The Morgan fingerprint density at radius 3 is 2.29 bits per heavy atom. The molecule has 0 spiro atoms. The molecule has 0 unspecified atom stereocenters. The summed E-state index contributed by atoms with van der Waals surface area (Å²) >= 11 is 0. The van der Waals surface area contributed by atoms with Crippen molar-refractivity contribution in [1.29, 1.82) is 0 Å². The molecule has 2 N–H and O–H groups in total. The van der Waals surface area contributed by atoms with Gasteiger partial charge in [0.05, 0.1) is 6.54 Å². The summed E-state index contributed by atoms with van der Waals surface area (Å²) in [5, 5.41) is 12.5. The maximum absolute atomic E-state index is 13.1. The van der Waals surface area contributed by atoms with Crippen LogP contribution < -0.4 is 10.1 Å². The maximum Gasteiger partial charge on any atom is 0.347 e. The highest BCUT2D eigenvalue weighted by atomic mass is 16.5. The molecule has 0 saturated heterocycles. The second-order valence-electron chi connectivity index (χ2n) is 10.4. The summed E-state index contributed by atoms with van der Waals surface area (Å²) in [7, 11) is 0. The summed E-state index contributed by atoms with van der Waals surface area (Å²) in [5.41, 5.74) is 3.78. The van der Waals surface area contributed by atoms with E-state index in [4.69, 9.17) is 4.74 Å². The van der Waals surface area contributed by atoms with Crippen molar-refractivity contribution in [3.05, 3.63) is 58.7 Å². The van der Waals surface area contributed by atoms with Gasteiger partial charge in [-0.3, -0.25) is 9.69 Å². The number of rotatable bonds is 9.